The number of aryl methyl sites for hydroxylation is 3. The van der Waals surface area contributed by atoms with Crippen molar-refractivity contribution in [2.45, 2.75) is 59.4 Å². The fourth-order valence-electron chi connectivity index (χ4n) is 4.22. The van der Waals surface area contributed by atoms with E-state index in [1.807, 2.05) is 18.2 Å². The molecule has 29 heavy (non-hydrogen) atoms. The summed E-state index contributed by atoms with van der Waals surface area (Å²) in [5.74, 6) is 0.455. The number of amides is 1. The summed E-state index contributed by atoms with van der Waals surface area (Å²) < 4.78 is 1.45. The lowest BCUT2D eigenvalue weighted by molar-refractivity contribution is -0.116. The van der Waals surface area contributed by atoms with Gasteiger partial charge in [0.25, 0.3) is 5.56 Å². The zero-order valence-corrected chi connectivity index (χ0v) is 18.1. The largest absolute Gasteiger partial charge is 0.324 e. The first-order chi connectivity index (χ1) is 14.0. The lowest BCUT2D eigenvalue weighted by Crippen LogP contribution is -2.28. The smallest absolute Gasteiger partial charge is 0.262 e. The molecule has 1 aromatic carbocycles. The minimum atomic E-state index is -0.193. The molecule has 4 rings (SSSR count). The summed E-state index contributed by atoms with van der Waals surface area (Å²) >= 11 is 1.63. The molecule has 1 aliphatic rings. The van der Waals surface area contributed by atoms with E-state index in [-0.39, 0.29) is 18.0 Å². The number of nitrogens with zero attached hydrogens (tertiary/aromatic N) is 2. The van der Waals surface area contributed by atoms with Gasteiger partial charge in [-0.05, 0) is 54.7 Å². The first kappa shape index (κ1) is 19.8. The van der Waals surface area contributed by atoms with Crippen LogP contribution in [0.2, 0.25) is 0 Å². The van der Waals surface area contributed by atoms with Crippen molar-refractivity contribution in [1.29, 1.82) is 0 Å². The number of fused-ring (bicyclic) bond motifs is 3. The van der Waals surface area contributed by atoms with E-state index in [1.54, 1.807) is 11.3 Å². The van der Waals surface area contributed by atoms with E-state index < -0.39 is 0 Å². The molecule has 6 heteroatoms. The first-order valence-electron chi connectivity index (χ1n) is 10.4. The van der Waals surface area contributed by atoms with Crippen molar-refractivity contribution in [2.24, 2.45) is 5.92 Å². The molecule has 1 amide bonds. The average Bonchev–Trinajstić information content (AvgIpc) is 3.08. The van der Waals surface area contributed by atoms with Crippen molar-refractivity contribution in [3.63, 3.8) is 0 Å². The molecule has 1 unspecified atom stereocenters. The lowest BCUT2D eigenvalue weighted by Gasteiger charge is -2.17. The van der Waals surface area contributed by atoms with Gasteiger partial charge in [0, 0.05) is 10.6 Å². The molecule has 3 aromatic rings. The van der Waals surface area contributed by atoms with Gasteiger partial charge in [-0.1, -0.05) is 39.0 Å². The number of hydrogen-bond donors (Lipinski definition) is 1. The van der Waals surface area contributed by atoms with Crippen molar-refractivity contribution in [3.05, 3.63) is 56.4 Å². The molecule has 0 fully saturated rings. The Morgan fingerprint density at radius 3 is 2.69 bits per heavy atom. The Balaban J connectivity index is 1.63. The molecule has 0 bridgehead atoms. The first-order valence-corrected chi connectivity index (χ1v) is 11.2. The zero-order chi connectivity index (χ0) is 20.5. The third kappa shape index (κ3) is 3.73. The minimum absolute atomic E-state index is 0.0238. The predicted molar refractivity (Wildman–Crippen MR) is 119 cm³/mol. The van der Waals surface area contributed by atoms with Crippen LogP contribution in [0.4, 0.5) is 5.69 Å². The van der Waals surface area contributed by atoms with Gasteiger partial charge in [-0.25, -0.2) is 4.98 Å². The summed E-state index contributed by atoms with van der Waals surface area (Å²) in [4.78, 5) is 32.5. The average molecular weight is 410 g/mol. The van der Waals surface area contributed by atoms with E-state index in [2.05, 4.69) is 31.1 Å². The van der Waals surface area contributed by atoms with Gasteiger partial charge < -0.3 is 5.32 Å². The van der Waals surface area contributed by atoms with E-state index in [1.165, 1.54) is 15.8 Å². The SMILES string of the molecule is CCc1cccc(CC)c1NC(=O)Cn1cnc2sc3c(c2c1=O)CCC(C)C3. The van der Waals surface area contributed by atoms with E-state index in [0.29, 0.717) is 5.92 Å². The Hall–Kier alpha value is -2.47. The number of hydrogen-bond acceptors (Lipinski definition) is 4. The Kier molecular flexibility index (Phi) is 5.54. The molecule has 2 aromatic heterocycles. The maximum absolute atomic E-state index is 13.1. The third-order valence-corrected chi connectivity index (χ3v) is 7.02. The summed E-state index contributed by atoms with van der Waals surface area (Å²) in [5.41, 5.74) is 4.16. The predicted octanol–water partition coefficient (Wildman–Crippen LogP) is 4.35. The van der Waals surface area contributed by atoms with Crippen molar-refractivity contribution in [1.82, 2.24) is 9.55 Å². The molecule has 0 saturated heterocycles. The van der Waals surface area contributed by atoms with Crippen molar-refractivity contribution in [3.8, 4) is 0 Å². The molecule has 2 heterocycles. The zero-order valence-electron chi connectivity index (χ0n) is 17.2. The highest BCUT2D eigenvalue weighted by atomic mass is 32.1. The summed E-state index contributed by atoms with van der Waals surface area (Å²) in [7, 11) is 0. The van der Waals surface area contributed by atoms with Gasteiger partial charge in [-0.3, -0.25) is 14.2 Å². The molecule has 152 valence electrons. The number of benzene rings is 1. The second-order valence-corrected chi connectivity index (χ2v) is 9.00. The molecule has 1 atom stereocenters. The molecular formula is C23H27N3O2S. The topological polar surface area (TPSA) is 64.0 Å². The molecule has 1 aliphatic carbocycles. The van der Waals surface area contributed by atoms with Crippen molar-refractivity contribution >= 4 is 33.1 Å². The molecule has 0 saturated carbocycles. The van der Waals surface area contributed by atoms with Crippen LogP contribution in [-0.2, 0) is 37.0 Å². The fourth-order valence-corrected chi connectivity index (χ4v) is 5.56. The van der Waals surface area contributed by atoms with Gasteiger partial charge in [0.1, 0.15) is 11.4 Å². The number of carbonyl (C=O) groups excluding carboxylic acids is 1. The van der Waals surface area contributed by atoms with Gasteiger partial charge in [-0.15, -0.1) is 11.3 Å². The maximum atomic E-state index is 13.1. The van der Waals surface area contributed by atoms with Crippen LogP contribution in [0, 0.1) is 5.92 Å². The van der Waals surface area contributed by atoms with Crippen molar-refractivity contribution in [2.75, 3.05) is 5.32 Å². The number of nitrogens with one attached hydrogen (secondary N) is 1. The third-order valence-electron chi connectivity index (χ3n) is 5.86. The van der Waals surface area contributed by atoms with E-state index >= 15 is 0 Å². The quantitative estimate of drug-likeness (QED) is 0.681. The van der Waals surface area contributed by atoms with Crippen LogP contribution in [-0.4, -0.2) is 15.5 Å². The maximum Gasteiger partial charge on any atom is 0.262 e. The number of anilines is 1. The van der Waals surface area contributed by atoms with E-state index in [9.17, 15) is 9.59 Å². The highest BCUT2D eigenvalue weighted by molar-refractivity contribution is 7.18. The van der Waals surface area contributed by atoms with Gasteiger partial charge in [0.15, 0.2) is 0 Å². The number of thiophene rings is 1. The minimum Gasteiger partial charge on any atom is -0.324 e. The second-order valence-electron chi connectivity index (χ2n) is 7.92. The standard InChI is InChI=1S/C23H27N3O2S/c1-4-15-7-6-8-16(5-2)21(15)25-19(27)12-26-13-24-22-20(23(26)28)17-10-9-14(3)11-18(17)29-22/h6-8,13-14H,4-5,9-12H2,1-3H3,(H,25,27). The summed E-state index contributed by atoms with van der Waals surface area (Å²) in [6.45, 7) is 6.38. The molecule has 0 aliphatic heterocycles. The van der Waals surface area contributed by atoms with Crippen LogP contribution >= 0.6 is 11.3 Å². The van der Waals surface area contributed by atoms with Crippen LogP contribution in [0.15, 0.2) is 29.3 Å². The number of para-hydroxylation sites is 1. The van der Waals surface area contributed by atoms with Crippen LogP contribution in [0.5, 0.6) is 0 Å². The Morgan fingerprint density at radius 1 is 1.28 bits per heavy atom. The number of carbonyl (C=O) groups is 1. The van der Waals surface area contributed by atoms with Gasteiger partial charge in [0.2, 0.25) is 5.91 Å². The molecule has 1 N–H and O–H groups in total. The Morgan fingerprint density at radius 2 is 2.00 bits per heavy atom. The highest BCUT2D eigenvalue weighted by Crippen LogP contribution is 2.35. The van der Waals surface area contributed by atoms with Crippen LogP contribution in [0.1, 0.15) is 48.8 Å². The molecule has 0 radical (unpaired) electrons. The number of aromatic nitrogens is 2. The highest BCUT2D eigenvalue weighted by Gasteiger charge is 2.23. The Bertz CT molecular complexity index is 1110. The molecular weight excluding hydrogens is 382 g/mol. The summed E-state index contributed by atoms with van der Waals surface area (Å²) in [6, 6.07) is 6.09. The van der Waals surface area contributed by atoms with E-state index in [4.69, 9.17) is 0 Å². The monoisotopic (exact) mass is 409 g/mol. The second kappa shape index (κ2) is 8.11. The van der Waals surface area contributed by atoms with Gasteiger partial charge in [-0.2, -0.15) is 0 Å². The Labute approximate surface area is 174 Å². The number of rotatable bonds is 5. The molecule has 5 nitrogen and oxygen atoms in total. The fraction of sp³-hybridized carbons (Fsp3) is 0.435. The summed E-state index contributed by atoms with van der Waals surface area (Å²) in [6.07, 6.45) is 6.24. The lowest BCUT2D eigenvalue weighted by atomic mass is 9.89. The van der Waals surface area contributed by atoms with Crippen LogP contribution in [0.3, 0.4) is 0 Å². The van der Waals surface area contributed by atoms with E-state index in [0.717, 1.165) is 64.7 Å². The normalized spacial score (nSPS) is 16.0. The van der Waals surface area contributed by atoms with Gasteiger partial charge >= 0.3 is 0 Å². The summed E-state index contributed by atoms with van der Waals surface area (Å²) in [5, 5.41) is 3.76. The van der Waals surface area contributed by atoms with Crippen LogP contribution in [0.25, 0.3) is 10.2 Å². The molecule has 0 spiro atoms. The van der Waals surface area contributed by atoms with Gasteiger partial charge in [0.05, 0.1) is 11.7 Å². The van der Waals surface area contributed by atoms with Crippen molar-refractivity contribution < 1.29 is 4.79 Å². The van der Waals surface area contributed by atoms with Crippen LogP contribution < -0.4 is 10.9 Å².